The fraction of sp³-hybridized carbons (Fsp3) is 0.667. The highest BCUT2D eigenvalue weighted by atomic mass is 16.5. The van der Waals surface area contributed by atoms with Crippen molar-refractivity contribution < 1.29 is 19.3 Å². The van der Waals surface area contributed by atoms with E-state index in [2.05, 4.69) is 30.9 Å². The Morgan fingerprint density at radius 3 is 2.62 bits per heavy atom. The molecule has 3 aliphatic carbocycles. The van der Waals surface area contributed by atoms with E-state index in [9.17, 15) is 5.11 Å². The number of hydrogen-bond acceptors (Lipinski definition) is 5. The highest BCUT2D eigenvalue weighted by Gasteiger charge is 2.50. The number of likely N-dealkylation sites (N-methyl/N-ethyl adjacent to an activating group) is 1. The van der Waals surface area contributed by atoms with Gasteiger partial charge in [-0.3, -0.25) is 0 Å². The summed E-state index contributed by atoms with van der Waals surface area (Å²) in [6, 6.07) is 6.00. The molecule has 0 amide bonds. The van der Waals surface area contributed by atoms with Crippen molar-refractivity contribution in [3.63, 3.8) is 0 Å². The topological polar surface area (TPSA) is 51.2 Å². The monoisotopic (exact) mass is 403 g/mol. The molecule has 0 aromatic heterocycles. The normalized spacial score (nSPS) is 23.3. The maximum Gasteiger partial charge on any atom is 0.160 e. The minimum atomic E-state index is -0.475. The van der Waals surface area contributed by atoms with Crippen molar-refractivity contribution in [1.29, 1.82) is 0 Å². The molecule has 5 heteroatoms. The summed E-state index contributed by atoms with van der Waals surface area (Å²) in [5, 5.41) is 10.4. The Morgan fingerprint density at radius 1 is 1.21 bits per heavy atom. The Kier molecular flexibility index (Phi) is 7.25. The molecular formula is C24H37NO4. The Bertz CT molecular complexity index is 715. The number of allylic oxidation sites excluding steroid dienone is 1. The fourth-order valence-corrected chi connectivity index (χ4v) is 4.81. The molecule has 162 valence electrons. The molecule has 5 nitrogen and oxygen atoms in total. The Morgan fingerprint density at radius 2 is 1.97 bits per heavy atom. The van der Waals surface area contributed by atoms with Crippen LogP contribution in [0.5, 0.6) is 11.5 Å². The predicted molar refractivity (Wildman–Crippen MR) is 116 cm³/mol. The fourth-order valence-electron chi connectivity index (χ4n) is 4.81. The molecular weight excluding hydrogens is 366 g/mol. The number of aliphatic hydroxyl groups excluding tert-OH is 1. The summed E-state index contributed by atoms with van der Waals surface area (Å²) < 4.78 is 16.5. The molecule has 1 saturated carbocycles. The van der Waals surface area contributed by atoms with Crippen LogP contribution < -0.4 is 9.47 Å². The van der Waals surface area contributed by atoms with Gasteiger partial charge in [0.25, 0.3) is 0 Å². The first-order chi connectivity index (χ1) is 13.8. The number of nitrogens with zero attached hydrogens (tertiary/aromatic N) is 1. The van der Waals surface area contributed by atoms with Crippen LogP contribution in [0.4, 0.5) is 0 Å². The van der Waals surface area contributed by atoms with E-state index < -0.39 is 6.10 Å². The van der Waals surface area contributed by atoms with Gasteiger partial charge in [-0.15, -0.1) is 0 Å². The van der Waals surface area contributed by atoms with Crippen LogP contribution in [0.1, 0.15) is 32.3 Å². The largest absolute Gasteiger partial charge is 0.493 e. The van der Waals surface area contributed by atoms with Crippen molar-refractivity contribution in [1.82, 2.24) is 4.90 Å². The quantitative estimate of drug-likeness (QED) is 0.573. The second kappa shape index (κ2) is 9.50. The minimum absolute atomic E-state index is 0.384. The lowest BCUT2D eigenvalue weighted by Crippen LogP contribution is -2.48. The highest BCUT2D eigenvalue weighted by molar-refractivity contribution is 5.42. The summed E-state index contributed by atoms with van der Waals surface area (Å²) >= 11 is 0. The molecule has 1 aromatic rings. The van der Waals surface area contributed by atoms with E-state index >= 15 is 0 Å². The lowest BCUT2D eigenvalue weighted by atomic mass is 9.49. The predicted octanol–water partition coefficient (Wildman–Crippen LogP) is 3.55. The van der Waals surface area contributed by atoms with E-state index in [1.54, 1.807) is 14.2 Å². The Balaban J connectivity index is 1.36. The summed E-state index contributed by atoms with van der Waals surface area (Å²) in [4.78, 5) is 2.14. The Labute approximate surface area is 175 Å². The lowest BCUT2D eigenvalue weighted by molar-refractivity contribution is -0.0255. The average Bonchev–Trinajstić information content (AvgIpc) is 2.71. The molecule has 1 N–H and O–H groups in total. The van der Waals surface area contributed by atoms with Gasteiger partial charge in [0.1, 0.15) is 0 Å². The Hall–Kier alpha value is -1.56. The average molecular weight is 404 g/mol. The van der Waals surface area contributed by atoms with Crippen LogP contribution in [-0.4, -0.2) is 63.7 Å². The van der Waals surface area contributed by atoms with Crippen molar-refractivity contribution in [2.75, 3.05) is 47.6 Å². The van der Waals surface area contributed by atoms with Gasteiger partial charge in [-0.1, -0.05) is 26.0 Å². The molecule has 0 spiro atoms. The molecule has 3 aliphatic rings. The molecule has 0 heterocycles. The van der Waals surface area contributed by atoms with Gasteiger partial charge in [0.15, 0.2) is 11.5 Å². The number of benzene rings is 1. The lowest BCUT2D eigenvalue weighted by Gasteiger charge is -2.56. The standard InChI is InChI=1S/C24H37NO4/c1-24(2)19-8-7-18(21(24)13-19)15-29-16-20(26)14-25(3)11-10-17-6-9-22(27-4)23(12-17)28-5/h6-7,9,12,19-21,26H,8,10-11,13-16H2,1-5H3/t19-,20+,21+/m0/s1. The van der Waals surface area contributed by atoms with E-state index in [1.165, 1.54) is 24.0 Å². The molecule has 29 heavy (non-hydrogen) atoms. The number of fused-ring (bicyclic) bond motifs is 1. The maximum atomic E-state index is 10.4. The van der Waals surface area contributed by atoms with E-state index in [0.717, 1.165) is 30.4 Å². The van der Waals surface area contributed by atoms with E-state index in [0.29, 0.717) is 31.1 Å². The van der Waals surface area contributed by atoms with Crippen molar-refractivity contribution >= 4 is 0 Å². The molecule has 0 saturated heterocycles. The van der Waals surface area contributed by atoms with Gasteiger partial charge < -0.3 is 24.2 Å². The van der Waals surface area contributed by atoms with Gasteiger partial charge in [0.05, 0.1) is 33.5 Å². The zero-order valence-corrected chi connectivity index (χ0v) is 18.6. The van der Waals surface area contributed by atoms with Gasteiger partial charge in [-0.05, 0) is 66.8 Å². The van der Waals surface area contributed by atoms with Gasteiger partial charge in [0, 0.05) is 13.1 Å². The minimum Gasteiger partial charge on any atom is -0.493 e. The number of hydrogen-bond donors (Lipinski definition) is 1. The first-order valence-electron chi connectivity index (χ1n) is 10.7. The summed E-state index contributed by atoms with van der Waals surface area (Å²) in [6.45, 7) is 7.25. The molecule has 0 aliphatic heterocycles. The molecule has 4 rings (SSSR count). The van der Waals surface area contributed by atoms with Crippen LogP contribution in [0.3, 0.4) is 0 Å². The third kappa shape index (κ3) is 5.14. The molecule has 0 unspecified atom stereocenters. The third-order valence-corrected chi connectivity index (χ3v) is 6.91. The van der Waals surface area contributed by atoms with Crippen molar-refractivity contribution in [2.45, 2.75) is 39.2 Å². The van der Waals surface area contributed by atoms with E-state index in [4.69, 9.17) is 14.2 Å². The zero-order chi connectivity index (χ0) is 21.0. The SMILES string of the molecule is COc1ccc(CCN(C)C[C@@H](O)COCC2=CC[C@H]3C[C@H]2C3(C)C)cc1OC. The molecule has 1 aromatic carbocycles. The number of methoxy groups -OCH3 is 2. The molecule has 3 atom stereocenters. The summed E-state index contributed by atoms with van der Waals surface area (Å²) in [5.74, 6) is 3.01. The van der Waals surface area contributed by atoms with Crippen LogP contribution in [0.2, 0.25) is 0 Å². The third-order valence-electron chi connectivity index (χ3n) is 6.91. The molecule has 2 bridgehead atoms. The maximum absolute atomic E-state index is 10.4. The van der Waals surface area contributed by atoms with E-state index in [1.807, 2.05) is 19.2 Å². The van der Waals surface area contributed by atoms with Crippen LogP contribution in [0.15, 0.2) is 29.8 Å². The van der Waals surface area contributed by atoms with E-state index in [-0.39, 0.29) is 0 Å². The summed E-state index contributed by atoms with van der Waals surface area (Å²) in [5.41, 5.74) is 3.05. The first-order valence-corrected chi connectivity index (χ1v) is 10.7. The van der Waals surface area contributed by atoms with Crippen molar-refractivity contribution in [3.8, 4) is 11.5 Å². The smallest absolute Gasteiger partial charge is 0.160 e. The van der Waals surface area contributed by atoms with Crippen molar-refractivity contribution in [2.24, 2.45) is 17.3 Å². The van der Waals surface area contributed by atoms with Crippen LogP contribution in [-0.2, 0) is 11.2 Å². The zero-order valence-electron chi connectivity index (χ0n) is 18.6. The second-order valence-corrected chi connectivity index (χ2v) is 9.19. The number of rotatable bonds is 11. The van der Waals surface area contributed by atoms with Gasteiger partial charge in [0.2, 0.25) is 0 Å². The first kappa shape index (κ1) is 22.1. The number of aliphatic hydroxyl groups is 1. The summed E-state index contributed by atoms with van der Waals surface area (Å²) in [7, 11) is 5.33. The van der Waals surface area contributed by atoms with Crippen LogP contribution in [0.25, 0.3) is 0 Å². The van der Waals surface area contributed by atoms with Gasteiger partial charge in [-0.25, -0.2) is 0 Å². The second-order valence-electron chi connectivity index (χ2n) is 9.19. The van der Waals surface area contributed by atoms with Crippen LogP contribution >= 0.6 is 0 Å². The van der Waals surface area contributed by atoms with Crippen LogP contribution in [0, 0.1) is 17.3 Å². The van der Waals surface area contributed by atoms with Crippen molar-refractivity contribution in [3.05, 3.63) is 35.4 Å². The molecule has 0 radical (unpaired) electrons. The highest BCUT2D eigenvalue weighted by Crippen LogP contribution is 2.59. The number of ether oxygens (including phenoxy) is 3. The summed E-state index contributed by atoms with van der Waals surface area (Å²) in [6.07, 6.45) is 5.27. The van der Waals surface area contributed by atoms with Gasteiger partial charge in [-0.2, -0.15) is 0 Å². The molecule has 1 fully saturated rings. The van der Waals surface area contributed by atoms with Gasteiger partial charge >= 0.3 is 0 Å².